The maximum absolute atomic E-state index is 11.6. The summed E-state index contributed by atoms with van der Waals surface area (Å²) in [6.07, 6.45) is 2.24. The van der Waals surface area contributed by atoms with Crippen molar-refractivity contribution in [1.82, 2.24) is 10.2 Å². The van der Waals surface area contributed by atoms with Crippen LogP contribution in [0.25, 0.3) is 0 Å². The molecule has 3 rings (SSSR count). The van der Waals surface area contributed by atoms with Crippen LogP contribution in [0, 0.1) is 0 Å². The average Bonchev–Trinajstić information content (AvgIpc) is 2.64. The fraction of sp³-hybridized carbons (Fsp3) is 0.350. The van der Waals surface area contributed by atoms with E-state index in [1.807, 2.05) is 12.1 Å². The van der Waals surface area contributed by atoms with Gasteiger partial charge in [-0.3, -0.25) is 0 Å². The second-order valence-electron chi connectivity index (χ2n) is 6.53. The van der Waals surface area contributed by atoms with Crippen molar-refractivity contribution in [3.63, 3.8) is 0 Å². The van der Waals surface area contributed by atoms with Crippen molar-refractivity contribution >= 4 is 39.8 Å². The van der Waals surface area contributed by atoms with Crippen LogP contribution in [0.2, 0.25) is 0 Å². The Balaban J connectivity index is 0.00000261. The lowest BCUT2D eigenvalue weighted by atomic mass is 10.0. The number of sulfone groups is 1. The van der Waals surface area contributed by atoms with Gasteiger partial charge in [0.1, 0.15) is 0 Å². The molecule has 2 aromatic carbocycles. The summed E-state index contributed by atoms with van der Waals surface area (Å²) in [4.78, 5) is 7.37. The Hall–Kier alpha value is -1.61. The van der Waals surface area contributed by atoms with Crippen molar-refractivity contribution in [2.75, 3.05) is 19.3 Å². The molecule has 7 heteroatoms. The number of aliphatic imine (C=N–C) groups is 1. The number of nitrogens with one attached hydrogen (secondary N) is 1. The van der Waals surface area contributed by atoms with Gasteiger partial charge >= 0.3 is 0 Å². The molecule has 0 atom stereocenters. The minimum atomic E-state index is -3.16. The summed E-state index contributed by atoms with van der Waals surface area (Å²) >= 11 is 0. The van der Waals surface area contributed by atoms with E-state index in [2.05, 4.69) is 41.4 Å². The van der Waals surface area contributed by atoms with Crippen LogP contribution >= 0.6 is 24.0 Å². The van der Waals surface area contributed by atoms with Gasteiger partial charge in [-0.15, -0.1) is 24.0 Å². The van der Waals surface area contributed by atoms with E-state index in [1.165, 1.54) is 17.4 Å². The van der Waals surface area contributed by atoms with Gasteiger partial charge in [0.15, 0.2) is 15.8 Å². The molecule has 146 valence electrons. The highest BCUT2D eigenvalue weighted by Crippen LogP contribution is 2.19. The van der Waals surface area contributed by atoms with E-state index in [9.17, 15) is 8.42 Å². The Kier molecular flexibility index (Phi) is 7.67. The zero-order valence-corrected chi connectivity index (χ0v) is 18.8. The molecule has 0 radical (unpaired) electrons. The third-order valence-electron chi connectivity index (χ3n) is 4.53. The van der Waals surface area contributed by atoms with Crippen molar-refractivity contribution in [2.45, 2.75) is 31.3 Å². The van der Waals surface area contributed by atoms with Crippen LogP contribution in [0.3, 0.4) is 0 Å². The number of fused-ring (bicyclic) bond motifs is 1. The third-order valence-corrected chi connectivity index (χ3v) is 5.66. The predicted octanol–water partition coefficient (Wildman–Crippen LogP) is 3.23. The number of hydrogen-bond donors (Lipinski definition) is 1. The molecule has 0 amide bonds. The lowest BCUT2D eigenvalue weighted by molar-refractivity contribution is 0.378. The summed E-state index contributed by atoms with van der Waals surface area (Å²) in [7, 11) is -3.16. The second kappa shape index (κ2) is 9.54. The molecule has 0 unspecified atom stereocenters. The largest absolute Gasteiger partial charge is 0.356 e. The third kappa shape index (κ3) is 5.68. The summed E-state index contributed by atoms with van der Waals surface area (Å²) in [5.41, 5.74) is 3.75. The van der Waals surface area contributed by atoms with Crippen molar-refractivity contribution < 1.29 is 8.42 Å². The molecule has 0 spiro atoms. The molecular weight excluding hydrogens is 473 g/mol. The van der Waals surface area contributed by atoms with Crippen LogP contribution in [0.1, 0.15) is 23.6 Å². The molecule has 0 saturated carbocycles. The highest BCUT2D eigenvalue weighted by atomic mass is 127. The molecule has 5 nitrogen and oxygen atoms in total. The monoisotopic (exact) mass is 499 g/mol. The van der Waals surface area contributed by atoms with Crippen molar-refractivity contribution in [1.29, 1.82) is 0 Å². The fourth-order valence-corrected chi connectivity index (χ4v) is 3.74. The highest BCUT2D eigenvalue weighted by Gasteiger charge is 2.18. The Morgan fingerprint density at radius 3 is 2.41 bits per heavy atom. The minimum absolute atomic E-state index is 0. The van der Waals surface area contributed by atoms with Crippen molar-refractivity contribution in [2.24, 2.45) is 4.99 Å². The van der Waals surface area contributed by atoms with Gasteiger partial charge in [-0.2, -0.15) is 0 Å². The molecule has 27 heavy (non-hydrogen) atoms. The van der Waals surface area contributed by atoms with Gasteiger partial charge in [0.25, 0.3) is 0 Å². The lowest BCUT2D eigenvalue weighted by Gasteiger charge is -2.31. The van der Waals surface area contributed by atoms with Crippen molar-refractivity contribution in [3.05, 3.63) is 65.2 Å². The summed E-state index contributed by atoms with van der Waals surface area (Å²) in [6, 6.07) is 15.5. The first-order valence-corrected chi connectivity index (χ1v) is 10.8. The maximum atomic E-state index is 11.6. The van der Waals surface area contributed by atoms with Crippen LogP contribution in [0.5, 0.6) is 0 Å². The van der Waals surface area contributed by atoms with E-state index in [0.717, 1.165) is 37.6 Å². The number of benzene rings is 2. The van der Waals surface area contributed by atoms with E-state index < -0.39 is 9.84 Å². The van der Waals surface area contributed by atoms with E-state index in [1.54, 1.807) is 12.1 Å². The first-order valence-electron chi connectivity index (χ1n) is 8.86. The van der Waals surface area contributed by atoms with Gasteiger partial charge < -0.3 is 10.2 Å². The quantitative estimate of drug-likeness (QED) is 0.399. The number of halogens is 1. The predicted molar refractivity (Wildman–Crippen MR) is 120 cm³/mol. The summed E-state index contributed by atoms with van der Waals surface area (Å²) in [5, 5.41) is 3.37. The summed E-state index contributed by atoms with van der Waals surface area (Å²) in [5.74, 6) is 0.897. The fourth-order valence-electron chi connectivity index (χ4n) is 3.11. The van der Waals surface area contributed by atoms with Crippen LogP contribution < -0.4 is 5.32 Å². The average molecular weight is 499 g/mol. The Morgan fingerprint density at radius 1 is 1.11 bits per heavy atom. The SMILES string of the molecule is CCNC(=NCc1ccc(S(C)(=O)=O)cc1)N1CCc2ccccc2C1.I. The smallest absolute Gasteiger partial charge is 0.194 e. The number of nitrogens with zero attached hydrogens (tertiary/aromatic N) is 2. The first kappa shape index (κ1) is 21.7. The molecule has 0 aliphatic carbocycles. The van der Waals surface area contributed by atoms with E-state index >= 15 is 0 Å². The van der Waals surface area contributed by atoms with E-state index in [4.69, 9.17) is 4.99 Å². The van der Waals surface area contributed by atoms with Gasteiger partial charge in [-0.05, 0) is 42.2 Å². The zero-order valence-electron chi connectivity index (χ0n) is 15.7. The van der Waals surface area contributed by atoms with Crippen LogP contribution in [0.15, 0.2) is 58.4 Å². The number of rotatable bonds is 4. The first-order chi connectivity index (χ1) is 12.5. The Bertz CT molecular complexity index is 896. The highest BCUT2D eigenvalue weighted by molar-refractivity contribution is 14.0. The van der Waals surface area contributed by atoms with Gasteiger partial charge in [0.05, 0.1) is 11.4 Å². The molecule has 1 heterocycles. The molecular formula is C20H26IN3O2S. The normalized spacial score (nSPS) is 14.3. The number of guanidine groups is 1. The topological polar surface area (TPSA) is 61.8 Å². The van der Waals surface area contributed by atoms with Crippen LogP contribution in [0.4, 0.5) is 0 Å². The molecule has 1 N–H and O–H groups in total. The molecule has 0 aromatic heterocycles. The van der Waals surface area contributed by atoms with E-state index in [0.29, 0.717) is 11.4 Å². The summed E-state index contributed by atoms with van der Waals surface area (Å²) < 4.78 is 23.1. The summed E-state index contributed by atoms with van der Waals surface area (Å²) in [6.45, 7) is 5.19. The van der Waals surface area contributed by atoms with Gasteiger partial charge in [-0.25, -0.2) is 13.4 Å². The molecule has 0 fully saturated rings. The molecule has 0 bridgehead atoms. The van der Waals surface area contributed by atoms with Crippen LogP contribution in [-0.4, -0.2) is 38.6 Å². The second-order valence-corrected chi connectivity index (χ2v) is 8.54. The zero-order chi connectivity index (χ0) is 18.6. The van der Waals surface area contributed by atoms with Gasteiger partial charge in [0, 0.05) is 25.9 Å². The minimum Gasteiger partial charge on any atom is -0.356 e. The Labute approximate surface area is 178 Å². The molecule has 1 aliphatic rings. The molecule has 0 saturated heterocycles. The van der Waals surface area contributed by atoms with Gasteiger partial charge in [0.2, 0.25) is 0 Å². The van der Waals surface area contributed by atoms with E-state index in [-0.39, 0.29) is 24.0 Å². The lowest BCUT2D eigenvalue weighted by Crippen LogP contribution is -2.44. The van der Waals surface area contributed by atoms with Crippen molar-refractivity contribution in [3.8, 4) is 0 Å². The van der Waals surface area contributed by atoms with Gasteiger partial charge in [-0.1, -0.05) is 36.4 Å². The van der Waals surface area contributed by atoms with Crippen LogP contribution in [-0.2, 0) is 29.3 Å². The maximum Gasteiger partial charge on any atom is 0.194 e. The standard InChI is InChI=1S/C20H25N3O2S.HI/c1-3-21-20(23-13-12-17-6-4-5-7-18(17)15-23)22-14-16-8-10-19(11-9-16)26(2,24)25;/h4-11H,3,12-15H2,1-2H3,(H,21,22);1H. The number of hydrogen-bond acceptors (Lipinski definition) is 3. The molecule has 2 aromatic rings. The molecule has 1 aliphatic heterocycles. The Morgan fingerprint density at radius 2 is 1.78 bits per heavy atom.